The molecular formula is C7H10N2O2S. The summed E-state index contributed by atoms with van der Waals surface area (Å²) in [4.78, 5) is 0. The van der Waals surface area contributed by atoms with Crippen LogP contribution in [0.25, 0.3) is 0 Å². The monoisotopic (exact) mass is 186 g/mol. The van der Waals surface area contributed by atoms with Crippen molar-refractivity contribution in [2.24, 2.45) is 11.5 Å². The SMILES string of the molecule is NC(N)=S.Oc1ccc(O)cc1. The molecule has 0 aliphatic carbocycles. The smallest absolute Gasteiger partial charge is 0.160 e. The van der Waals surface area contributed by atoms with E-state index in [2.05, 4.69) is 23.7 Å². The molecule has 1 aromatic carbocycles. The van der Waals surface area contributed by atoms with Crippen LogP contribution in [0.5, 0.6) is 11.5 Å². The van der Waals surface area contributed by atoms with Gasteiger partial charge in [-0.25, -0.2) is 0 Å². The van der Waals surface area contributed by atoms with E-state index in [9.17, 15) is 0 Å². The van der Waals surface area contributed by atoms with E-state index >= 15 is 0 Å². The van der Waals surface area contributed by atoms with Gasteiger partial charge < -0.3 is 21.7 Å². The van der Waals surface area contributed by atoms with Gasteiger partial charge in [0.2, 0.25) is 0 Å². The molecule has 0 radical (unpaired) electrons. The van der Waals surface area contributed by atoms with Gasteiger partial charge in [-0.15, -0.1) is 0 Å². The lowest BCUT2D eigenvalue weighted by Gasteiger charge is -1.88. The van der Waals surface area contributed by atoms with Crippen molar-refractivity contribution in [3.63, 3.8) is 0 Å². The lowest BCUT2D eigenvalue weighted by Crippen LogP contribution is -2.18. The van der Waals surface area contributed by atoms with Gasteiger partial charge in [-0.3, -0.25) is 0 Å². The Kier molecular flexibility index (Phi) is 4.55. The third-order valence-corrected chi connectivity index (χ3v) is 0.850. The minimum atomic E-state index is 0.000000000000000222. The van der Waals surface area contributed by atoms with Crippen LogP contribution in [0.2, 0.25) is 0 Å². The topological polar surface area (TPSA) is 92.5 Å². The number of nitrogens with two attached hydrogens (primary N) is 2. The van der Waals surface area contributed by atoms with Crippen molar-refractivity contribution in [3.05, 3.63) is 24.3 Å². The van der Waals surface area contributed by atoms with Crippen molar-refractivity contribution in [2.75, 3.05) is 0 Å². The van der Waals surface area contributed by atoms with E-state index in [0.29, 0.717) is 0 Å². The van der Waals surface area contributed by atoms with Crippen molar-refractivity contribution in [3.8, 4) is 11.5 Å². The summed E-state index contributed by atoms with van der Waals surface area (Å²) in [5.74, 6) is 0.339. The summed E-state index contributed by atoms with van der Waals surface area (Å²) in [6, 6.07) is 5.70. The standard InChI is InChI=1S/C6H6O2.CH4N2S/c7-5-1-2-6(8)4-3-5;2-1(3)4/h1-4,7-8H;(H4,2,3,4). The van der Waals surface area contributed by atoms with E-state index in [1.165, 1.54) is 24.3 Å². The molecule has 0 aliphatic heterocycles. The van der Waals surface area contributed by atoms with Gasteiger partial charge in [-0.1, -0.05) is 0 Å². The Balaban J connectivity index is 0.000000261. The van der Waals surface area contributed by atoms with Crippen LogP contribution in [0.1, 0.15) is 0 Å². The van der Waals surface area contributed by atoms with Crippen molar-refractivity contribution in [2.45, 2.75) is 0 Å². The second-order valence-corrected chi connectivity index (χ2v) is 2.39. The van der Waals surface area contributed by atoms with Crippen LogP contribution in [-0.2, 0) is 0 Å². The van der Waals surface area contributed by atoms with Gasteiger partial charge in [-0.05, 0) is 36.5 Å². The molecule has 0 unspecified atom stereocenters. The molecule has 0 fully saturated rings. The predicted octanol–water partition coefficient (Wildman–Crippen LogP) is 0.286. The van der Waals surface area contributed by atoms with E-state index < -0.39 is 0 Å². The van der Waals surface area contributed by atoms with Gasteiger partial charge >= 0.3 is 0 Å². The number of rotatable bonds is 0. The Bertz CT molecular complexity index is 223. The van der Waals surface area contributed by atoms with E-state index in [4.69, 9.17) is 10.2 Å². The molecular weight excluding hydrogens is 176 g/mol. The lowest BCUT2D eigenvalue weighted by atomic mass is 10.3. The predicted molar refractivity (Wildman–Crippen MR) is 50.7 cm³/mol. The summed E-state index contributed by atoms with van der Waals surface area (Å²) >= 11 is 4.09. The highest BCUT2D eigenvalue weighted by Crippen LogP contribution is 2.13. The molecule has 1 rings (SSSR count). The second-order valence-electron chi connectivity index (χ2n) is 1.92. The molecule has 0 saturated carbocycles. The summed E-state index contributed by atoms with van der Waals surface area (Å²) in [6.07, 6.45) is 0. The number of hydrogen-bond donors (Lipinski definition) is 4. The van der Waals surface area contributed by atoms with E-state index in [0.717, 1.165) is 0 Å². The van der Waals surface area contributed by atoms with E-state index in [-0.39, 0.29) is 16.6 Å². The fraction of sp³-hybridized carbons (Fsp3) is 0. The average molecular weight is 186 g/mol. The first-order chi connectivity index (χ1) is 5.52. The molecule has 0 spiro atoms. The number of phenolic OH excluding ortho intramolecular Hbond substituents is 2. The highest BCUT2D eigenvalue weighted by molar-refractivity contribution is 7.80. The van der Waals surface area contributed by atoms with Crippen LogP contribution in [0.15, 0.2) is 24.3 Å². The lowest BCUT2D eigenvalue weighted by molar-refractivity contribution is 0.460. The molecule has 12 heavy (non-hydrogen) atoms. The number of thiocarbonyl (C=S) groups is 1. The average Bonchev–Trinajstić information content (AvgIpc) is 1.94. The van der Waals surface area contributed by atoms with Crippen LogP contribution in [0.3, 0.4) is 0 Å². The van der Waals surface area contributed by atoms with Crippen LogP contribution >= 0.6 is 12.2 Å². The van der Waals surface area contributed by atoms with E-state index in [1.807, 2.05) is 0 Å². The summed E-state index contributed by atoms with van der Waals surface area (Å²) < 4.78 is 0. The number of benzene rings is 1. The molecule has 0 saturated heterocycles. The molecule has 0 atom stereocenters. The molecule has 0 aromatic heterocycles. The highest BCUT2D eigenvalue weighted by Gasteiger charge is 1.84. The zero-order chi connectivity index (χ0) is 9.56. The zero-order valence-electron chi connectivity index (χ0n) is 6.27. The Labute approximate surface area is 75.4 Å². The first-order valence-corrected chi connectivity index (χ1v) is 3.46. The molecule has 0 heterocycles. The van der Waals surface area contributed by atoms with Crippen LogP contribution in [0, 0.1) is 0 Å². The maximum absolute atomic E-state index is 8.65. The van der Waals surface area contributed by atoms with Gasteiger partial charge in [0.15, 0.2) is 5.11 Å². The van der Waals surface area contributed by atoms with Gasteiger partial charge in [0.1, 0.15) is 11.5 Å². The minimum absolute atomic E-state index is 0.000000000000000222. The molecule has 6 N–H and O–H groups in total. The van der Waals surface area contributed by atoms with Gasteiger partial charge in [0.05, 0.1) is 0 Å². The largest absolute Gasteiger partial charge is 0.508 e. The molecule has 66 valence electrons. The third-order valence-electron chi connectivity index (χ3n) is 0.850. The quantitative estimate of drug-likeness (QED) is 0.345. The van der Waals surface area contributed by atoms with Crippen LogP contribution in [0.4, 0.5) is 0 Å². The van der Waals surface area contributed by atoms with Gasteiger partial charge in [0.25, 0.3) is 0 Å². The minimum Gasteiger partial charge on any atom is -0.508 e. The summed E-state index contributed by atoms with van der Waals surface area (Å²) in [6.45, 7) is 0. The summed E-state index contributed by atoms with van der Waals surface area (Å²) in [7, 11) is 0. The molecule has 0 bridgehead atoms. The Morgan fingerprint density at radius 1 is 1.00 bits per heavy atom. The van der Waals surface area contributed by atoms with Gasteiger partial charge in [-0.2, -0.15) is 0 Å². The van der Waals surface area contributed by atoms with Crippen LogP contribution < -0.4 is 11.5 Å². The molecule has 5 heteroatoms. The number of phenols is 2. The van der Waals surface area contributed by atoms with Crippen molar-refractivity contribution in [1.29, 1.82) is 0 Å². The van der Waals surface area contributed by atoms with Gasteiger partial charge in [0, 0.05) is 0 Å². The maximum Gasteiger partial charge on any atom is 0.160 e. The fourth-order valence-electron chi connectivity index (χ4n) is 0.453. The van der Waals surface area contributed by atoms with Crippen molar-refractivity contribution in [1.82, 2.24) is 0 Å². The number of hydrogen-bond acceptors (Lipinski definition) is 3. The van der Waals surface area contributed by atoms with Crippen molar-refractivity contribution < 1.29 is 10.2 Å². The van der Waals surface area contributed by atoms with Crippen LogP contribution in [-0.4, -0.2) is 15.3 Å². The first kappa shape index (κ1) is 10.5. The highest BCUT2D eigenvalue weighted by atomic mass is 32.1. The Morgan fingerprint density at radius 2 is 1.17 bits per heavy atom. The zero-order valence-corrected chi connectivity index (χ0v) is 7.08. The summed E-state index contributed by atoms with van der Waals surface area (Å²) in [5, 5.41) is 17.3. The van der Waals surface area contributed by atoms with Crippen molar-refractivity contribution >= 4 is 17.3 Å². The van der Waals surface area contributed by atoms with E-state index in [1.54, 1.807) is 0 Å². The molecule has 4 nitrogen and oxygen atoms in total. The Morgan fingerprint density at radius 3 is 1.33 bits per heavy atom. The summed E-state index contributed by atoms with van der Waals surface area (Å²) in [5.41, 5.74) is 9.24. The second kappa shape index (κ2) is 5.20. The first-order valence-electron chi connectivity index (χ1n) is 3.05. The maximum atomic E-state index is 8.65. The fourth-order valence-corrected chi connectivity index (χ4v) is 0.453. The molecule has 1 aromatic rings. The normalized spacial score (nSPS) is 8.00. The Hall–Kier alpha value is -1.49. The number of aromatic hydroxyl groups is 2. The third kappa shape index (κ3) is 6.63. The molecule has 0 aliphatic rings. The molecule has 0 amide bonds.